The van der Waals surface area contributed by atoms with Gasteiger partial charge in [0.05, 0.1) is 0 Å². The lowest BCUT2D eigenvalue weighted by Gasteiger charge is -2.27. The number of carbonyl (C=O) groups excluding carboxylic acids is 1. The van der Waals surface area contributed by atoms with Crippen molar-refractivity contribution in [3.8, 4) is 0 Å². The van der Waals surface area contributed by atoms with E-state index < -0.39 is 5.97 Å². The molecule has 1 aliphatic heterocycles. The standard InChI is InChI=1S/C20H20FNO4/c1-2-17-16(20(24)25)12-18(26-17)19(23)22-8-6-13(7-9-22)10-14-4-3-5-15(21)11-14/h3-5,10-12H,2,6-9H2,1H3,(H,24,25). The van der Waals surface area contributed by atoms with Crippen LogP contribution in [0.15, 0.2) is 40.3 Å². The summed E-state index contributed by atoms with van der Waals surface area (Å²) in [7, 11) is 0. The van der Waals surface area contributed by atoms with Crippen molar-refractivity contribution in [2.45, 2.75) is 26.2 Å². The lowest BCUT2D eigenvalue weighted by atomic mass is 10.0. The summed E-state index contributed by atoms with van der Waals surface area (Å²) in [6.45, 7) is 2.82. The van der Waals surface area contributed by atoms with Crippen LogP contribution in [0.5, 0.6) is 0 Å². The number of rotatable bonds is 4. The van der Waals surface area contributed by atoms with E-state index >= 15 is 0 Å². The molecule has 2 aromatic rings. The lowest BCUT2D eigenvalue weighted by Crippen LogP contribution is -2.36. The van der Waals surface area contributed by atoms with Gasteiger partial charge in [0.15, 0.2) is 5.76 Å². The average Bonchev–Trinajstić information content (AvgIpc) is 3.06. The number of nitrogens with zero attached hydrogens (tertiary/aromatic N) is 1. The van der Waals surface area contributed by atoms with Gasteiger partial charge in [0.2, 0.25) is 0 Å². The monoisotopic (exact) mass is 357 g/mol. The molecule has 136 valence electrons. The molecule has 0 unspecified atom stereocenters. The predicted octanol–water partition coefficient (Wildman–Crippen LogP) is 4.00. The van der Waals surface area contributed by atoms with E-state index in [0.29, 0.717) is 38.1 Å². The first-order valence-electron chi connectivity index (χ1n) is 8.58. The van der Waals surface area contributed by atoms with Gasteiger partial charge in [-0.3, -0.25) is 4.79 Å². The molecule has 0 atom stereocenters. The Balaban J connectivity index is 1.68. The molecule has 0 aliphatic carbocycles. The Morgan fingerprint density at radius 2 is 2.00 bits per heavy atom. The van der Waals surface area contributed by atoms with Crippen LogP contribution < -0.4 is 0 Å². The highest BCUT2D eigenvalue weighted by molar-refractivity contribution is 5.96. The smallest absolute Gasteiger partial charge is 0.339 e. The summed E-state index contributed by atoms with van der Waals surface area (Å²) in [5.74, 6) is -1.28. The molecule has 0 bridgehead atoms. The summed E-state index contributed by atoms with van der Waals surface area (Å²) >= 11 is 0. The molecule has 1 fully saturated rings. The molecule has 1 saturated heterocycles. The van der Waals surface area contributed by atoms with Crippen molar-refractivity contribution in [3.05, 3.63) is 64.4 Å². The van der Waals surface area contributed by atoms with Crippen LogP contribution in [0, 0.1) is 5.82 Å². The molecule has 1 aliphatic rings. The maximum absolute atomic E-state index is 13.3. The lowest BCUT2D eigenvalue weighted by molar-refractivity contribution is 0.0689. The molecule has 1 aromatic heterocycles. The van der Waals surface area contributed by atoms with Crippen LogP contribution in [-0.4, -0.2) is 35.0 Å². The van der Waals surface area contributed by atoms with Gasteiger partial charge in [0.1, 0.15) is 17.1 Å². The molecule has 1 amide bonds. The molecule has 1 N–H and O–H groups in total. The molecule has 2 heterocycles. The molecule has 0 spiro atoms. The van der Waals surface area contributed by atoms with Crippen molar-refractivity contribution in [1.29, 1.82) is 0 Å². The number of hydrogen-bond acceptors (Lipinski definition) is 3. The van der Waals surface area contributed by atoms with Crippen LogP contribution in [0.2, 0.25) is 0 Å². The van der Waals surface area contributed by atoms with Gasteiger partial charge in [-0.2, -0.15) is 0 Å². The van der Waals surface area contributed by atoms with Crippen molar-refractivity contribution in [1.82, 2.24) is 4.90 Å². The summed E-state index contributed by atoms with van der Waals surface area (Å²) in [6.07, 6.45) is 3.75. The van der Waals surface area contributed by atoms with Crippen LogP contribution in [0.3, 0.4) is 0 Å². The molecule has 0 saturated carbocycles. The third-order valence-corrected chi connectivity index (χ3v) is 4.48. The van der Waals surface area contributed by atoms with E-state index in [9.17, 15) is 19.1 Å². The van der Waals surface area contributed by atoms with Gasteiger partial charge in [-0.1, -0.05) is 30.7 Å². The van der Waals surface area contributed by atoms with Crippen molar-refractivity contribution < 1.29 is 23.5 Å². The molecule has 0 radical (unpaired) electrons. The Kier molecular flexibility index (Phi) is 5.21. The highest BCUT2D eigenvalue weighted by Gasteiger charge is 2.26. The van der Waals surface area contributed by atoms with E-state index in [0.717, 1.165) is 11.1 Å². The minimum absolute atomic E-state index is 0.0412. The SMILES string of the molecule is CCc1oc(C(=O)N2CCC(=Cc3cccc(F)c3)CC2)cc1C(=O)O. The molecule has 6 heteroatoms. The Hall–Kier alpha value is -2.89. The van der Waals surface area contributed by atoms with Gasteiger partial charge >= 0.3 is 5.97 Å². The number of carboxylic acids is 1. The summed E-state index contributed by atoms with van der Waals surface area (Å²) in [5.41, 5.74) is 2.00. The Bertz CT molecular complexity index is 858. The summed E-state index contributed by atoms with van der Waals surface area (Å²) in [5, 5.41) is 9.18. The Morgan fingerprint density at radius 3 is 2.58 bits per heavy atom. The van der Waals surface area contributed by atoms with Crippen LogP contribution in [0.1, 0.15) is 52.0 Å². The fourth-order valence-corrected chi connectivity index (χ4v) is 3.11. The number of halogens is 1. The number of carbonyl (C=O) groups is 2. The first kappa shape index (κ1) is 17.9. The van der Waals surface area contributed by atoms with E-state index in [1.54, 1.807) is 17.9 Å². The second kappa shape index (κ2) is 7.56. The van der Waals surface area contributed by atoms with Crippen LogP contribution in [0.25, 0.3) is 6.08 Å². The number of aryl methyl sites for hydroxylation is 1. The maximum atomic E-state index is 13.3. The van der Waals surface area contributed by atoms with Crippen molar-refractivity contribution in [2.75, 3.05) is 13.1 Å². The minimum atomic E-state index is -1.09. The molecular weight excluding hydrogens is 337 g/mol. The molecule has 26 heavy (non-hydrogen) atoms. The van der Waals surface area contributed by atoms with E-state index in [-0.39, 0.29) is 23.0 Å². The number of aromatic carboxylic acids is 1. The number of hydrogen-bond donors (Lipinski definition) is 1. The largest absolute Gasteiger partial charge is 0.478 e. The number of furan rings is 1. The van der Waals surface area contributed by atoms with Crippen molar-refractivity contribution in [2.24, 2.45) is 0 Å². The Morgan fingerprint density at radius 1 is 1.27 bits per heavy atom. The zero-order chi connectivity index (χ0) is 18.7. The maximum Gasteiger partial charge on any atom is 0.339 e. The number of benzene rings is 1. The van der Waals surface area contributed by atoms with Crippen LogP contribution in [0.4, 0.5) is 4.39 Å². The van der Waals surface area contributed by atoms with Gasteiger partial charge in [-0.15, -0.1) is 0 Å². The highest BCUT2D eigenvalue weighted by Crippen LogP contribution is 2.23. The third-order valence-electron chi connectivity index (χ3n) is 4.48. The van der Waals surface area contributed by atoms with Crippen LogP contribution >= 0.6 is 0 Å². The molecular formula is C20H20FNO4. The molecule has 3 rings (SSSR count). The van der Waals surface area contributed by atoms with E-state index in [4.69, 9.17) is 4.42 Å². The van der Waals surface area contributed by atoms with E-state index in [1.165, 1.54) is 18.2 Å². The van der Waals surface area contributed by atoms with Gasteiger partial charge < -0.3 is 14.4 Å². The first-order valence-corrected chi connectivity index (χ1v) is 8.58. The zero-order valence-electron chi connectivity index (χ0n) is 14.5. The Labute approximate surface area is 150 Å². The predicted molar refractivity (Wildman–Crippen MR) is 94.6 cm³/mol. The molecule has 5 nitrogen and oxygen atoms in total. The van der Waals surface area contributed by atoms with Gasteiger partial charge in [0.25, 0.3) is 5.91 Å². The quantitative estimate of drug-likeness (QED) is 0.898. The fourth-order valence-electron chi connectivity index (χ4n) is 3.11. The van der Waals surface area contributed by atoms with Crippen molar-refractivity contribution in [3.63, 3.8) is 0 Å². The summed E-state index contributed by atoms with van der Waals surface area (Å²) < 4.78 is 18.7. The number of likely N-dealkylation sites (tertiary alicyclic amines) is 1. The average molecular weight is 357 g/mol. The van der Waals surface area contributed by atoms with Gasteiger partial charge in [0, 0.05) is 25.6 Å². The highest BCUT2D eigenvalue weighted by atomic mass is 19.1. The second-order valence-electron chi connectivity index (χ2n) is 6.26. The summed E-state index contributed by atoms with van der Waals surface area (Å²) in [4.78, 5) is 25.5. The third kappa shape index (κ3) is 3.85. The number of carboxylic acid groups (broad SMARTS) is 1. The zero-order valence-corrected chi connectivity index (χ0v) is 14.5. The van der Waals surface area contributed by atoms with E-state index in [1.807, 2.05) is 12.1 Å². The summed E-state index contributed by atoms with van der Waals surface area (Å²) in [6, 6.07) is 7.70. The van der Waals surface area contributed by atoms with Crippen LogP contribution in [-0.2, 0) is 6.42 Å². The first-order chi connectivity index (χ1) is 12.5. The van der Waals surface area contributed by atoms with E-state index in [2.05, 4.69) is 0 Å². The number of amides is 1. The fraction of sp³-hybridized carbons (Fsp3) is 0.300. The van der Waals surface area contributed by atoms with Crippen molar-refractivity contribution >= 4 is 18.0 Å². The van der Waals surface area contributed by atoms with Gasteiger partial charge in [-0.05, 0) is 30.5 Å². The second-order valence-corrected chi connectivity index (χ2v) is 6.26. The number of piperidine rings is 1. The topological polar surface area (TPSA) is 70.8 Å². The van der Waals surface area contributed by atoms with Gasteiger partial charge in [-0.25, -0.2) is 9.18 Å². The minimum Gasteiger partial charge on any atom is -0.478 e. The molecule has 1 aromatic carbocycles. The normalized spacial score (nSPS) is 14.4.